The van der Waals surface area contributed by atoms with Crippen molar-refractivity contribution in [2.24, 2.45) is 15.9 Å². The van der Waals surface area contributed by atoms with Gasteiger partial charge in [-0.15, -0.1) is 0 Å². The number of benzene rings is 1. The summed E-state index contributed by atoms with van der Waals surface area (Å²) in [5.74, 6) is 4.73. The van der Waals surface area contributed by atoms with Gasteiger partial charge >= 0.3 is 5.97 Å². The predicted octanol–water partition coefficient (Wildman–Crippen LogP) is 2.07. The summed E-state index contributed by atoms with van der Waals surface area (Å²) in [5.41, 5.74) is 1.76. The van der Waals surface area contributed by atoms with Gasteiger partial charge in [-0.1, -0.05) is 30.3 Å². The Morgan fingerprint density at radius 1 is 1.30 bits per heavy atom. The number of carbonyl (C=O) groups is 1. The van der Waals surface area contributed by atoms with Crippen molar-refractivity contribution in [3.8, 4) is 0 Å². The molecule has 1 aromatic carbocycles. The number of nitrogens with zero attached hydrogens (tertiary/aromatic N) is 2. The standard InChI is InChI=1S/C17H23N3O3/c1-3-22-17(21)16(20-18)12(2)19-14-9-15(10-14)23-11-13-7-5-4-6-8-13/h4-8,14-15H,3,9-11,18H2,1-2H3. The first-order valence-corrected chi connectivity index (χ1v) is 7.79. The Kier molecular flexibility index (Phi) is 6.29. The van der Waals surface area contributed by atoms with Crippen molar-refractivity contribution in [2.75, 3.05) is 6.61 Å². The lowest BCUT2D eigenvalue weighted by Crippen LogP contribution is -2.36. The lowest BCUT2D eigenvalue weighted by molar-refractivity contribution is -0.134. The number of nitrogens with two attached hydrogens (primary N) is 1. The van der Waals surface area contributed by atoms with Crippen LogP contribution in [0.15, 0.2) is 40.4 Å². The molecule has 1 fully saturated rings. The lowest BCUT2D eigenvalue weighted by atomic mass is 9.89. The van der Waals surface area contributed by atoms with Gasteiger partial charge in [-0.25, -0.2) is 4.79 Å². The topological polar surface area (TPSA) is 86.3 Å². The van der Waals surface area contributed by atoms with Gasteiger partial charge in [0, 0.05) is 0 Å². The zero-order valence-electron chi connectivity index (χ0n) is 13.6. The third-order valence-corrected chi connectivity index (χ3v) is 3.72. The van der Waals surface area contributed by atoms with Gasteiger partial charge in [0.25, 0.3) is 0 Å². The van der Waals surface area contributed by atoms with Crippen LogP contribution < -0.4 is 5.84 Å². The number of rotatable bonds is 7. The molecule has 6 heteroatoms. The highest BCUT2D eigenvalue weighted by Crippen LogP contribution is 2.27. The number of hydrogen-bond acceptors (Lipinski definition) is 6. The number of aliphatic imine (C=N–C) groups is 1. The molecule has 1 saturated carbocycles. The second-order valence-corrected chi connectivity index (χ2v) is 5.46. The van der Waals surface area contributed by atoms with Crippen molar-refractivity contribution in [1.29, 1.82) is 0 Å². The summed E-state index contributed by atoms with van der Waals surface area (Å²) in [6, 6.07) is 10.2. The molecule has 0 unspecified atom stereocenters. The predicted molar refractivity (Wildman–Crippen MR) is 89.4 cm³/mol. The second-order valence-electron chi connectivity index (χ2n) is 5.46. The Hall–Kier alpha value is -2.21. The average molecular weight is 317 g/mol. The van der Waals surface area contributed by atoms with Crippen LogP contribution in [0.3, 0.4) is 0 Å². The number of hydrogen-bond donors (Lipinski definition) is 1. The van der Waals surface area contributed by atoms with E-state index >= 15 is 0 Å². The van der Waals surface area contributed by atoms with Crippen LogP contribution in [0.4, 0.5) is 0 Å². The molecule has 1 aliphatic carbocycles. The molecule has 0 amide bonds. The van der Waals surface area contributed by atoms with E-state index in [1.807, 2.05) is 30.3 Å². The lowest BCUT2D eigenvalue weighted by Gasteiger charge is -2.32. The SMILES string of the molecule is CCOC(=O)C(=NN)C(C)=NC1CC(OCc2ccccc2)C1. The van der Waals surface area contributed by atoms with Gasteiger partial charge in [0.15, 0.2) is 5.71 Å². The van der Waals surface area contributed by atoms with Crippen LogP contribution in [0.5, 0.6) is 0 Å². The van der Waals surface area contributed by atoms with Gasteiger partial charge < -0.3 is 15.3 Å². The number of ether oxygens (including phenoxy) is 2. The number of carbonyl (C=O) groups excluding carboxylic acids is 1. The molecule has 23 heavy (non-hydrogen) atoms. The van der Waals surface area contributed by atoms with Crippen molar-refractivity contribution in [2.45, 2.75) is 45.4 Å². The maximum Gasteiger partial charge on any atom is 0.360 e. The Morgan fingerprint density at radius 3 is 2.61 bits per heavy atom. The van der Waals surface area contributed by atoms with E-state index in [9.17, 15) is 4.79 Å². The minimum Gasteiger partial charge on any atom is -0.461 e. The zero-order chi connectivity index (χ0) is 16.7. The molecule has 0 aromatic heterocycles. The first kappa shape index (κ1) is 17.1. The molecule has 0 radical (unpaired) electrons. The molecule has 0 aliphatic heterocycles. The van der Waals surface area contributed by atoms with Crippen LogP contribution in [0.1, 0.15) is 32.3 Å². The van der Waals surface area contributed by atoms with Crippen molar-refractivity contribution in [3.05, 3.63) is 35.9 Å². The fraction of sp³-hybridized carbons (Fsp3) is 0.471. The average Bonchev–Trinajstić information content (AvgIpc) is 2.51. The molecule has 0 saturated heterocycles. The van der Waals surface area contributed by atoms with Gasteiger partial charge in [0.1, 0.15) is 0 Å². The zero-order valence-corrected chi connectivity index (χ0v) is 13.6. The third-order valence-electron chi connectivity index (χ3n) is 3.72. The largest absolute Gasteiger partial charge is 0.461 e. The summed E-state index contributed by atoms with van der Waals surface area (Å²) < 4.78 is 10.7. The minimum absolute atomic E-state index is 0.0838. The van der Waals surface area contributed by atoms with E-state index in [-0.39, 0.29) is 24.5 Å². The van der Waals surface area contributed by atoms with E-state index in [1.165, 1.54) is 0 Å². The molecule has 124 valence electrons. The number of esters is 1. The van der Waals surface area contributed by atoms with E-state index in [4.69, 9.17) is 15.3 Å². The smallest absolute Gasteiger partial charge is 0.360 e. The van der Waals surface area contributed by atoms with Crippen LogP contribution in [-0.4, -0.2) is 36.1 Å². The molecular weight excluding hydrogens is 294 g/mol. The molecule has 2 rings (SSSR count). The van der Waals surface area contributed by atoms with E-state index < -0.39 is 5.97 Å². The fourth-order valence-electron chi connectivity index (χ4n) is 2.40. The third kappa shape index (κ3) is 4.89. The van der Waals surface area contributed by atoms with E-state index in [0.29, 0.717) is 12.3 Å². The summed E-state index contributed by atoms with van der Waals surface area (Å²) >= 11 is 0. The fourth-order valence-corrected chi connectivity index (χ4v) is 2.40. The van der Waals surface area contributed by atoms with Crippen molar-refractivity contribution >= 4 is 17.4 Å². The normalized spacial score (nSPS) is 21.7. The van der Waals surface area contributed by atoms with Gasteiger partial charge in [0.2, 0.25) is 0 Å². The molecule has 1 aliphatic rings. The summed E-state index contributed by atoms with van der Waals surface area (Å²) in [4.78, 5) is 16.2. The highest BCUT2D eigenvalue weighted by Gasteiger charge is 2.30. The van der Waals surface area contributed by atoms with Crippen molar-refractivity contribution in [1.82, 2.24) is 0 Å². The quantitative estimate of drug-likeness (QED) is 0.361. The van der Waals surface area contributed by atoms with Crippen LogP contribution in [0, 0.1) is 0 Å². The summed E-state index contributed by atoms with van der Waals surface area (Å²) in [6.45, 7) is 4.35. The van der Waals surface area contributed by atoms with Gasteiger partial charge in [-0.3, -0.25) is 4.99 Å². The molecule has 1 aromatic rings. The summed E-state index contributed by atoms with van der Waals surface area (Å²) in [5, 5.41) is 3.49. The maximum atomic E-state index is 11.7. The van der Waals surface area contributed by atoms with E-state index in [1.54, 1.807) is 13.8 Å². The highest BCUT2D eigenvalue weighted by atomic mass is 16.5. The van der Waals surface area contributed by atoms with Crippen LogP contribution in [0.25, 0.3) is 0 Å². The molecular formula is C17H23N3O3. The van der Waals surface area contributed by atoms with E-state index in [0.717, 1.165) is 18.4 Å². The minimum atomic E-state index is -0.535. The highest BCUT2D eigenvalue weighted by molar-refractivity contribution is 6.65. The second kappa shape index (κ2) is 8.43. The van der Waals surface area contributed by atoms with Crippen molar-refractivity contribution in [3.63, 3.8) is 0 Å². The summed E-state index contributed by atoms with van der Waals surface area (Å²) in [7, 11) is 0. The Morgan fingerprint density at radius 2 is 2.00 bits per heavy atom. The monoisotopic (exact) mass is 317 g/mol. The van der Waals surface area contributed by atoms with Gasteiger partial charge in [0.05, 0.1) is 31.1 Å². The molecule has 0 bridgehead atoms. The molecule has 0 atom stereocenters. The maximum absolute atomic E-state index is 11.7. The van der Waals surface area contributed by atoms with Crippen LogP contribution in [-0.2, 0) is 20.9 Å². The van der Waals surface area contributed by atoms with Gasteiger partial charge in [-0.05, 0) is 32.3 Å². The first-order chi connectivity index (χ1) is 11.1. The molecule has 2 N–H and O–H groups in total. The Labute approximate surface area is 136 Å². The molecule has 6 nitrogen and oxygen atoms in total. The van der Waals surface area contributed by atoms with Crippen LogP contribution in [0.2, 0.25) is 0 Å². The first-order valence-electron chi connectivity index (χ1n) is 7.79. The van der Waals surface area contributed by atoms with Gasteiger partial charge in [-0.2, -0.15) is 5.10 Å². The summed E-state index contributed by atoms with van der Waals surface area (Å²) in [6.07, 6.45) is 1.88. The molecule has 0 spiro atoms. The Balaban J connectivity index is 1.78. The Bertz CT molecular complexity index is 578. The van der Waals surface area contributed by atoms with Crippen molar-refractivity contribution < 1.29 is 14.3 Å². The van der Waals surface area contributed by atoms with Crippen LogP contribution >= 0.6 is 0 Å². The van der Waals surface area contributed by atoms with E-state index in [2.05, 4.69) is 10.1 Å². The number of hydrazone groups is 1. The molecule has 0 heterocycles.